The van der Waals surface area contributed by atoms with Crippen LogP contribution < -0.4 is 0 Å². The van der Waals surface area contributed by atoms with Gasteiger partial charge in [0.25, 0.3) is 0 Å². The number of nitrogens with zero attached hydrogens (tertiary/aromatic N) is 3. The zero-order chi connectivity index (χ0) is 13.0. The highest BCUT2D eigenvalue weighted by molar-refractivity contribution is 4.85. The van der Waals surface area contributed by atoms with Gasteiger partial charge in [0.2, 0.25) is 0 Å². The molecule has 0 aromatic rings. The third kappa shape index (κ3) is 3.65. The minimum Gasteiger partial charge on any atom is -0.395 e. The fraction of sp³-hybridized carbons (Fsp3) is 1.00. The minimum absolute atomic E-state index is 0.261. The van der Waals surface area contributed by atoms with Crippen molar-refractivity contribution in [3.05, 3.63) is 0 Å². The number of likely N-dealkylation sites (N-methyl/N-ethyl adjacent to an activating group) is 1. The lowest BCUT2D eigenvalue weighted by molar-refractivity contribution is 0.00478. The van der Waals surface area contributed by atoms with Gasteiger partial charge in [0.1, 0.15) is 0 Å². The molecule has 2 rings (SSSR count). The van der Waals surface area contributed by atoms with E-state index >= 15 is 0 Å². The van der Waals surface area contributed by atoms with Gasteiger partial charge in [-0.15, -0.1) is 0 Å². The predicted molar refractivity (Wildman–Crippen MR) is 71.8 cm³/mol. The van der Waals surface area contributed by atoms with Crippen molar-refractivity contribution in [3.63, 3.8) is 0 Å². The Morgan fingerprint density at radius 1 is 1.17 bits per heavy atom. The third-order valence-electron chi connectivity index (χ3n) is 4.26. The van der Waals surface area contributed by atoms with Crippen LogP contribution in [-0.2, 0) is 4.74 Å². The lowest BCUT2D eigenvalue weighted by Crippen LogP contribution is -2.58. The maximum atomic E-state index is 9.39. The van der Waals surface area contributed by atoms with E-state index in [2.05, 4.69) is 28.7 Å². The molecule has 0 spiro atoms. The molecule has 2 aliphatic heterocycles. The lowest BCUT2D eigenvalue weighted by atomic mass is 10.1. The summed E-state index contributed by atoms with van der Waals surface area (Å²) < 4.78 is 5.37. The van der Waals surface area contributed by atoms with Gasteiger partial charge in [0, 0.05) is 51.4 Å². The summed E-state index contributed by atoms with van der Waals surface area (Å²) in [7, 11) is 2.11. The molecule has 0 amide bonds. The van der Waals surface area contributed by atoms with Gasteiger partial charge in [-0.25, -0.2) is 0 Å². The molecule has 5 heteroatoms. The number of hydrogen-bond donors (Lipinski definition) is 1. The van der Waals surface area contributed by atoms with Crippen LogP contribution in [0, 0.1) is 0 Å². The van der Waals surface area contributed by atoms with E-state index in [-0.39, 0.29) is 6.61 Å². The van der Waals surface area contributed by atoms with Crippen LogP contribution in [0.15, 0.2) is 0 Å². The monoisotopic (exact) mass is 257 g/mol. The Morgan fingerprint density at radius 3 is 2.56 bits per heavy atom. The molecule has 0 saturated carbocycles. The maximum Gasteiger partial charge on any atom is 0.0599 e. The summed E-state index contributed by atoms with van der Waals surface area (Å²) in [5.41, 5.74) is 0. The van der Waals surface area contributed by atoms with Gasteiger partial charge in [0.05, 0.1) is 19.8 Å². The lowest BCUT2D eigenvalue weighted by Gasteiger charge is -2.43. The van der Waals surface area contributed by atoms with Gasteiger partial charge in [-0.2, -0.15) is 0 Å². The van der Waals surface area contributed by atoms with Crippen LogP contribution in [0.4, 0.5) is 0 Å². The topological polar surface area (TPSA) is 39.2 Å². The van der Waals surface area contributed by atoms with Crippen LogP contribution in [0.3, 0.4) is 0 Å². The van der Waals surface area contributed by atoms with E-state index < -0.39 is 0 Å². The molecular formula is C13H27N3O2. The molecule has 0 aromatic heterocycles. The Labute approximate surface area is 110 Å². The van der Waals surface area contributed by atoms with E-state index in [0.29, 0.717) is 12.1 Å². The first-order valence-corrected chi connectivity index (χ1v) is 7.06. The number of aliphatic hydroxyl groups is 1. The largest absolute Gasteiger partial charge is 0.395 e. The van der Waals surface area contributed by atoms with E-state index in [0.717, 1.165) is 52.5 Å². The first-order valence-electron chi connectivity index (χ1n) is 7.06. The molecule has 2 atom stereocenters. The number of hydrogen-bond acceptors (Lipinski definition) is 5. The van der Waals surface area contributed by atoms with Crippen LogP contribution in [0.5, 0.6) is 0 Å². The number of morpholine rings is 1. The molecule has 106 valence electrons. The summed E-state index contributed by atoms with van der Waals surface area (Å²) in [5, 5.41) is 9.39. The third-order valence-corrected chi connectivity index (χ3v) is 4.26. The molecule has 2 fully saturated rings. The molecule has 2 heterocycles. The normalized spacial score (nSPS) is 32.8. The fourth-order valence-corrected chi connectivity index (χ4v) is 2.87. The first-order chi connectivity index (χ1) is 8.70. The van der Waals surface area contributed by atoms with Crippen LogP contribution in [0.25, 0.3) is 0 Å². The Bertz CT molecular complexity index is 246. The molecule has 0 aromatic carbocycles. The molecule has 2 saturated heterocycles. The zero-order valence-electron chi connectivity index (χ0n) is 11.7. The Hall–Kier alpha value is -0.200. The number of rotatable bonds is 4. The van der Waals surface area contributed by atoms with Crippen LogP contribution in [0.2, 0.25) is 0 Å². The minimum atomic E-state index is 0.261. The molecule has 0 radical (unpaired) electrons. The fourth-order valence-electron chi connectivity index (χ4n) is 2.87. The summed E-state index contributed by atoms with van der Waals surface area (Å²) in [6.07, 6.45) is 0. The first kappa shape index (κ1) is 14.2. The summed E-state index contributed by atoms with van der Waals surface area (Å²) in [4.78, 5) is 7.26. The average molecular weight is 257 g/mol. The van der Waals surface area contributed by atoms with Crippen LogP contribution in [0.1, 0.15) is 6.92 Å². The average Bonchev–Trinajstić information content (AvgIpc) is 2.39. The van der Waals surface area contributed by atoms with Crippen molar-refractivity contribution in [2.24, 2.45) is 0 Å². The van der Waals surface area contributed by atoms with Crippen molar-refractivity contribution in [1.29, 1.82) is 0 Å². The highest BCUT2D eigenvalue weighted by atomic mass is 16.5. The number of piperazine rings is 1. The summed E-state index contributed by atoms with van der Waals surface area (Å²) in [6.45, 7) is 10.7. The predicted octanol–water partition coefficient (Wildman–Crippen LogP) is -0.685. The van der Waals surface area contributed by atoms with Crippen LogP contribution >= 0.6 is 0 Å². The van der Waals surface area contributed by atoms with Crippen molar-refractivity contribution in [3.8, 4) is 0 Å². The highest BCUT2D eigenvalue weighted by Crippen LogP contribution is 2.13. The Morgan fingerprint density at radius 2 is 1.89 bits per heavy atom. The van der Waals surface area contributed by atoms with E-state index in [9.17, 15) is 5.11 Å². The smallest absolute Gasteiger partial charge is 0.0599 e. The van der Waals surface area contributed by atoms with Crippen molar-refractivity contribution in [1.82, 2.24) is 14.7 Å². The maximum absolute atomic E-state index is 9.39. The van der Waals surface area contributed by atoms with Gasteiger partial charge in [-0.3, -0.25) is 14.7 Å². The second-order valence-electron chi connectivity index (χ2n) is 5.57. The van der Waals surface area contributed by atoms with E-state index in [1.54, 1.807) is 0 Å². The Kier molecular flexibility index (Phi) is 5.38. The molecule has 1 N–H and O–H groups in total. The quantitative estimate of drug-likeness (QED) is 0.722. The van der Waals surface area contributed by atoms with E-state index in [1.807, 2.05) is 0 Å². The van der Waals surface area contributed by atoms with Crippen molar-refractivity contribution in [2.45, 2.75) is 19.0 Å². The zero-order valence-corrected chi connectivity index (χ0v) is 11.7. The standard InChI is InChI=1S/C13H27N3O2/c1-12-9-14(2)13(11-17)10-16(12)4-3-15-5-7-18-8-6-15/h12-13,17H,3-11H2,1-2H3. The molecule has 0 bridgehead atoms. The summed E-state index contributed by atoms with van der Waals surface area (Å²) >= 11 is 0. The van der Waals surface area contributed by atoms with Crippen LogP contribution in [-0.4, -0.2) is 98.0 Å². The molecule has 2 aliphatic rings. The molecule has 0 aliphatic carbocycles. The summed E-state index contributed by atoms with van der Waals surface area (Å²) in [6, 6.07) is 0.879. The Balaban J connectivity index is 1.76. The number of aliphatic hydroxyl groups excluding tert-OH is 1. The number of ether oxygens (including phenoxy) is 1. The second kappa shape index (κ2) is 6.82. The molecule has 5 nitrogen and oxygen atoms in total. The van der Waals surface area contributed by atoms with E-state index in [4.69, 9.17) is 4.74 Å². The molecule has 2 unspecified atom stereocenters. The van der Waals surface area contributed by atoms with E-state index in [1.165, 1.54) is 0 Å². The second-order valence-corrected chi connectivity index (χ2v) is 5.57. The molecule has 18 heavy (non-hydrogen) atoms. The SMILES string of the molecule is CC1CN(C)C(CO)CN1CCN1CCOCC1. The van der Waals surface area contributed by atoms with Gasteiger partial charge in [-0.05, 0) is 14.0 Å². The van der Waals surface area contributed by atoms with Gasteiger partial charge >= 0.3 is 0 Å². The van der Waals surface area contributed by atoms with Crippen molar-refractivity contribution < 1.29 is 9.84 Å². The van der Waals surface area contributed by atoms with Crippen molar-refractivity contribution >= 4 is 0 Å². The molecular weight excluding hydrogens is 230 g/mol. The van der Waals surface area contributed by atoms with Gasteiger partial charge < -0.3 is 9.84 Å². The summed E-state index contributed by atoms with van der Waals surface area (Å²) in [5.74, 6) is 0. The highest BCUT2D eigenvalue weighted by Gasteiger charge is 2.28. The van der Waals surface area contributed by atoms with Gasteiger partial charge in [-0.1, -0.05) is 0 Å². The van der Waals surface area contributed by atoms with Gasteiger partial charge in [0.15, 0.2) is 0 Å². The van der Waals surface area contributed by atoms with Crippen molar-refractivity contribution in [2.75, 3.05) is 66.1 Å².